The molecule has 1 unspecified atom stereocenters. The van der Waals surface area contributed by atoms with Gasteiger partial charge in [0.2, 0.25) is 0 Å². The molecule has 0 aromatic heterocycles. The maximum atomic E-state index is 10.4. The molecule has 0 radical (unpaired) electrons. The van der Waals surface area contributed by atoms with Crippen LogP contribution in [-0.2, 0) is 15.6 Å². The maximum absolute atomic E-state index is 10.4. The summed E-state index contributed by atoms with van der Waals surface area (Å²) in [7, 11) is -0.867. The number of terminal acetylenes is 1. The second-order valence-electron chi connectivity index (χ2n) is 1.68. The summed E-state index contributed by atoms with van der Waals surface area (Å²) >= 11 is 0. The zero-order valence-electron chi connectivity index (χ0n) is 5.72. The quantitative estimate of drug-likeness (QED) is 0.543. The van der Waals surface area contributed by atoms with E-state index in [0.29, 0.717) is 12.3 Å². The standard InChI is InChI=1S/C6H9NO2S/c1-3-6(8)7-4-5-10(2)9/h1H,4-5H2,2H3,(H,7,8). The first kappa shape index (κ1) is 9.18. The van der Waals surface area contributed by atoms with Gasteiger partial charge in [-0.05, 0) is 5.92 Å². The van der Waals surface area contributed by atoms with E-state index >= 15 is 0 Å². The van der Waals surface area contributed by atoms with E-state index in [1.54, 1.807) is 6.26 Å². The average Bonchev–Trinajstić information content (AvgIpc) is 1.87. The summed E-state index contributed by atoms with van der Waals surface area (Å²) in [5, 5.41) is 2.40. The van der Waals surface area contributed by atoms with Gasteiger partial charge >= 0.3 is 0 Å². The third-order valence-electron chi connectivity index (χ3n) is 0.806. The highest BCUT2D eigenvalue weighted by Gasteiger charge is 1.93. The Kier molecular flexibility index (Phi) is 4.59. The monoisotopic (exact) mass is 159 g/mol. The topological polar surface area (TPSA) is 46.2 Å². The molecule has 0 aliphatic heterocycles. The van der Waals surface area contributed by atoms with Crippen LogP contribution in [0, 0.1) is 12.3 Å². The zero-order valence-corrected chi connectivity index (χ0v) is 6.53. The van der Waals surface area contributed by atoms with Crippen molar-refractivity contribution < 1.29 is 9.00 Å². The summed E-state index contributed by atoms with van der Waals surface area (Å²) in [5.41, 5.74) is 0. The SMILES string of the molecule is C#CC(=O)NCCS(C)=O. The second kappa shape index (κ2) is 5.00. The molecule has 0 fully saturated rings. The summed E-state index contributed by atoms with van der Waals surface area (Å²) in [6.45, 7) is 0.381. The van der Waals surface area contributed by atoms with Crippen molar-refractivity contribution in [1.29, 1.82) is 0 Å². The molecule has 0 aliphatic rings. The van der Waals surface area contributed by atoms with Crippen LogP contribution in [0.15, 0.2) is 0 Å². The van der Waals surface area contributed by atoms with E-state index in [4.69, 9.17) is 6.42 Å². The largest absolute Gasteiger partial charge is 0.344 e. The van der Waals surface area contributed by atoms with Crippen molar-refractivity contribution in [3.05, 3.63) is 0 Å². The Balaban J connectivity index is 3.31. The van der Waals surface area contributed by atoms with E-state index in [1.165, 1.54) is 0 Å². The molecule has 56 valence electrons. The van der Waals surface area contributed by atoms with Gasteiger partial charge in [-0.2, -0.15) is 0 Å². The molecule has 0 rings (SSSR count). The summed E-state index contributed by atoms with van der Waals surface area (Å²) < 4.78 is 10.4. The van der Waals surface area contributed by atoms with Gasteiger partial charge in [0.25, 0.3) is 5.91 Å². The fourth-order valence-electron chi connectivity index (χ4n) is 0.359. The molecule has 0 aromatic carbocycles. The first-order valence-corrected chi connectivity index (χ1v) is 4.44. The van der Waals surface area contributed by atoms with Gasteiger partial charge in [-0.25, -0.2) is 0 Å². The number of carbonyl (C=O) groups excluding carboxylic acids is 1. The minimum atomic E-state index is -0.867. The van der Waals surface area contributed by atoms with Crippen molar-refractivity contribution in [3.63, 3.8) is 0 Å². The predicted octanol–water partition coefficient (Wildman–Crippen LogP) is -0.886. The summed E-state index contributed by atoms with van der Waals surface area (Å²) in [5.74, 6) is 1.89. The van der Waals surface area contributed by atoms with Crippen LogP contribution < -0.4 is 5.32 Å². The van der Waals surface area contributed by atoms with Crippen LogP contribution in [0.2, 0.25) is 0 Å². The number of carbonyl (C=O) groups is 1. The Morgan fingerprint density at radius 1 is 1.80 bits per heavy atom. The molecule has 3 nitrogen and oxygen atoms in total. The van der Waals surface area contributed by atoms with Crippen LogP contribution in [0.1, 0.15) is 0 Å². The Labute approximate surface area is 62.6 Å². The highest BCUT2D eigenvalue weighted by molar-refractivity contribution is 7.84. The Morgan fingerprint density at radius 2 is 2.40 bits per heavy atom. The average molecular weight is 159 g/mol. The third-order valence-corrected chi connectivity index (χ3v) is 1.59. The molecule has 4 heteroatoms. The van der Waals surface area contributed by atoms with Crippen LogP contribution in [-0.4, -0.2) is 28.7 Å². The molecular weight excluding hydrogens is 150 g/mol. The van der Waals surface area contributed by atoms with Gasteiger partial charge in [0.1, 0.15) is 0 Å². The fourth-order valence-corrected chi connectivity index (χ4v) is 0.749. The number of hydrogen-bond donors (Lipinski definition) is 1. The highest BCUT2D eigenvalue weighted by Crippen LogP contribution is 1.70. The highest BCUT2D eigenvalue weighted by atomic mass is 32.2. The van der Waals surface area contributed by atoms with Crippen LogP contribution >= 0.6 is 0 Å². The fraction of sp³-hybridized carbons (Fsp3) is 0.500. The summed E-state index contributed by atoms with van der Waals surface area (Å²) in [4.78, 5) is 10.3. The number of hydrogen-bond acceptors (Lipinski definition) is 2. The summed E-state index contributed by atoms with van der Waals surface area (Å²) in [6, 6.07) is 0. The third kappa shape index (κ3) is 5.32. The molecule has 0 saturated heterocycles. The molecule has 0 aromatic rings. The van der Waals surface area contributed by atoms with Crippen LogP contribution in [0.4, 0.5) is 0 Å². The Bertz CT molecular complexity index is 183. The van der Waals surface area contributed by atoms with E-state index in [9.17, 15) is 9.00 Å². The van der Waals surface area contributed by atoms with E-state index in [1.807, 2.05) is 5.92 Å². The Hall–Kier alpha value is -0.820. The van der Waals surface area contributed by atoms with Crippen molar-refractivity contribution in [3.8, 4) is 12.3 Å². The van der Waals surface area contributed by atoms with Gasteiger partial charge in [-0.3, -0.25) is 9.00 Å². The molecule has 1 atom stereocenters. The lowest BCUT2D eigenvalue weighted by Gasteiger charge is -1.96. The van der Waals surface area contributed by atoms with Gasteiger partial charge in [0.05, 0.1) is 0 Å². The van der Waals surface area contributed by atoms with Crippen LogP contribution in [0.25, 0.3) is 0 Å². The van der Waals surface area contributed by atoms with Crippen molar-refractivity contribution >= 4 is 16.7 Å². The normalized spacial score (nSPS) is 11.6. The van der Waals surface area contributed by atoms with E-state index in [0.717, 1.165) is 0 Å². The second-order valence-corrected chi connectivity index (χ2v) is 3.23. The van der Waals surface area contributed by atoms with Gasteiger partial charge in [0.15, 0.2) is 0 Å². The molecule has 0 spiro atoms. The molecule has 0 aliphatic carbocycles. The van der Waals surface area contributed by atoms with E-state index in [-0.39, 0.29) is 0 Å². The molecule has 0 saturated carbocycles. The number of nitrogens with one attached hydrogen (secondary N) is 1. The van der Waals surface area contributed by atoms with Gasteiger partial charge in [-0.1, -0.05) is 0 Å². The summed E-state index contributed by atoms with van der Waals surface area (Å²) in [6.07, 6.45) is 6.32. The minimum absolute atomic E-state index is 0.381. The van der Waals surface area contributed by atoms with Crippen molar-refractivity contribution in [2.24, 2.45) is 0 Å². The molecule has 0 bridgehead atoms. The predicted molar refractivity (Wildman–Crippen MR) is 40.8 cm³/mol. The number of rotatable bonds is 3. The molecule has 1 amide bonds. The van der Waals surface area contributed by atoms with E-state index in [2.05, 4.69) is 5.32 Å². The lowest BCUT2D eigenvalue weighted by atomic mass is 10.6. The van der Waals surface area contributed by atoms with Crippen molar-refractivity contribution in [1.82, 2.24) is 5.32 Å². The maximum Gasteiger partial charge on any atom is 0.295 e. The van der Waals surface area contributed by atoms with Gasteiger partial charge in [-0.15, -0.1) is 6.42 Å². The molecular formula is C6H9NO2S. The number of amides is 1. The van der Waals surface area contributed by atoms with Crippen molar-refractivity contribution in [2.45, 2.75) is 0 Å². The minimum Gasteiger partial charge on any atom is -0.344 e. The van der Waals surface area contributed by atoms with E-state index < -0.39 is 16.7 Å². The first-order valence-electron chi connectivity index (χ1n) is 2.71. The molecule has 0 heterocycles. The lowest BCUT2D eigenvalue weighted by Crippen LogP contribution is -2.25. The Morgan fingerprint density at radius 3 is 2.80 bits per heavy atom. The van der Waals surface area contributed by atoms with Gasteiger partial charge < -0.3 is 5.32 Å². The van der Waals surface area contributed by atoms with Crippen molar-refractivity contribution in [2.75, 3.05) is 18.6 Å². The van der Waals surface area contributed by atoms with Gasteiger partial charge in [0, 0.05) is 29.4 Å². The van der Waals surface area contributed by atoms with Crippen LogP contribution in [0.5, 0.6) is 0 Å². The smallest absolute Gasteiger partial charge is 0.295 e. The van der Waals surface area contributed by atoms with Crippen LogP contribution in [0.3, 0.4) is 0 Å². The zero-order chi connectivity index (χ0) is 7.98. The molecule has 1 N–H and O–H groups in total. The first-order chi connectivity index (χ1) is 4.66. The molecule has 10 heavy (non-hydrogen) atoms. The lowest BCUT2D eigenvalue weighted by molar-refractivity contribution is -0.115.